The molecule has 0 aromatic carbocycles. The Morgan fingerprint density at radius 2 is 2.11 bits per heavy atom. The second-order valence-electron chi connectivity index (χ2n) is 6.35. The minimum atomic E-state index is -1.06. The van der Waals surface area contributed by atoms with Crippen molar-refractivity contribution in [3.05, 3.63) is 11.8 Å². The van der Waals surface area contributed by atoms with E-state index in [0.29, 0.717) is 23.9 Å². The number of rotatable bonds is 2. The average Bonchev–Trinajstić information content (AvgIpc) is 2.74. The molecule has 0 unspecified atom stereocenters. The number of ether oxygens (including phenoxy) is 1. The van der Waals surface area contributed by atoms with Crippen LogP contribution in [0.3, 0.4) is 0 Å². The molecule has 2 aliphatic rings. The number of fused-ring (bicyclic) bond motifs is 1. The molecule has 0 bridgehead atoms. The summed E-state index contributed by atoms with van der Waals surface area (Å²) in [6.07, 6.45) is 1.74. The van der Waals surface area contributed by atoms with E-state index in [1.165, 1.54) is 0 Å². The normalized spacial score (nSPS) is 29.1. The molecule has 3 atom stereocenters. The van der Waals surface area contributed by atoms with Gasteiger partial charge in [0, 0.05) is 12.0 Å². The van der Waals surface area contributed by atoms with Crippen molar-refractivity contribution >= 4 is 11.9 Å². The molecule has 1 aliphatic heterocycles. The molecule has 1 aliphatic carbocycles. The topological polar surface area (TPSA) is 79.7 Å². The Morgan fingerprint density at radius 1 is 1.47 bits per heavy atom. The largest absolute Gasteiger partial charge is 0.465 e. The second kappa shape index (κ2) is 3.96. The molecule has 0 radical (unpaired) electrons. The fourth-order valence-electron chi connectivity index (χ4n) is 2.80. The monoisotopic (exact) mass is 265 g/mol. The van der Waals surface area contributed by atoms with Crippen molar-refractivity contribution in [1.29, 1.82) is 0 Å². The summed E-state index contributed by atoms with van der Waals surface area (Å²) >= 11 is 0. The molecule has 19 heavy (non-hydrogen) atoms. The van der Waals surface area contributed by atoms with E-state index in [0.717, 1.165) is 18.5 Å². The lowest BCUT2D eigenvalue weighted by Gasteiger charge is -2.22. The van der Waals surface area contributed by atoms with Gasteiger partial charge in [-0.15, -0.1) is 0 Å². The Kier molecular flexibility index (Phi) is 2.60. The summed E-state index contributed by atoms with van der Waals surface area (Å²) in [6.45, 7) is 6.02. The lowest BCUT2D eigenvalue weighted by Crippen LogP contribution is -2.26. The number of hydrogen-bond donors (Lipinski definition) is 2. The number of carbonyl (C=O) groups is 1. The van der Waals surface area contributed by atoms with Crippen LogP contribution in [-0.2, 0) is 10.3 Å². The Labute approximate surface area is 111 Å². The molecular formula is C13H19N3O3. The van der Waals surface area contributed by atoms with Crippen LogP contribution in [0.1, 0.15) is 45.2 Å². The van der Waals surface area contributed by atoms with Crippen molar-refractivity contribution in [2.24, 2.45) is 0 Å². The van der Waals surface area contributed by atoms with E-state index in [1.54, 1.807) is 4.68 Å². The molecule has 104 valence electrons. The van der Waals surface area contributed by atoms with Gasteiger partial charge in [0.2, 0.25) is 0 Å². The number of nitrogens with one attached hydrogen (secondary N) is 1. The Hall–Kier alpha value is -1.56. The maximum Gasteiger partial charge on any atom is 0.410 e. The summed E-state index contributed by atoms with van der Waals surface area (Å²) < 4.78 is 7.18. The van der Waals surface area contributed by atoms with Crippen LogP contribution in [0, 0.1) is 0 Å². The fraction of sp³-hybridized carbons (Fsp3) is 0.692. The van der Waals surface area contributed by atoms with Crippen molar-refractivity contribution < 1.29 is 14.6 Å². The number of epoxide rings is 1. The highest BCUT2D eigenvalue weighted by atomic mass is 16.6. The predicted octanol–water partition coefficient (Wildman–Crippen LogP) is 2.37. The van der Waals surface area contributed by atoms with Crippen LogP contribution in [0.25, 0.3) is 0 Å². The highest BCUT2D eigenvalue weighted by molar-refractivity contribution is 5.81. The Morgan fingerprint density at radius 3 is 2.63 bits per heavy atom. The molecule has 1 saturated carbocycles. The first-order valence-corrected chi connectivity index (χ1v) is 6.60. The van der Waals surface area contributed by atoms with E-state index in [-0.39, 0.29) is 5.54 Å². The lowest BCUT2D eigenvalue weighted by molar-refractivity contribution is 0.209. The predicted molar refractivity (Wildman–Crippen MR) is 69.5 cm³/mol. The van der Waals surface area contributed by atoms with E-state index in [2.05, 4.69) is 10.4 Å². The molecular weight excluding hydrogens is 246 g/mol. The molecule has 2 heterocycles. The van der Waals surface area contributed by atoms with Gasteiger partial charge in [-0.3, -0.25) is 5.32 Å². The van der Waals surface area contributed by atoms with Gasteiger partial charge in [0.25, 0.3) is 0 Å². The van der Waals surface area contributed by atoms with Gasteiger partial charge in [-0.2, -0.15) is 5.10 Å². The molecule has 6 nitrogen and oxygen atoms in total. The molecule has 1 amide bonds. The quantitative estimate of drug-likeness (QED) is 0.804. The van der Waals surface area contributed by atoms with Crippen LogP contribution in [0.15, 0.2) is 6.07 Å². The van der Waals surface area contributed by atoms with Crippen molar-refractivity contribution in [2.45, 2.75) is 57.3 Å². The van der Waals surface area contributed by atoms with Crippen LogP contribution in [0.4, 0.5) is 10.6 Å². The van der Waals surface area contributed by atoms with Gasteiger partial charge in [-0.05, 0) is 33.6 Å². The fourth-order valence-corrected chi connectivity index (χ4v) is 2.80. The second-order valence-corrected chi connectivity index (χ2v) is 6.35. The van der Waals surface area contributed by atoms with Gasteiger partial charge < -0.3 is 9.84 Å². The van der Waals surface area contributed by atoms with Gasteiger partial charge in [0.05, 0.1) is 23.4 Å². The van der Waals surface area contributed by atoms with Crippen LogP contribution < -0.4 is 5.32 Å². The maximum absolute atomic E-state index is 10.9. The summed E-state index contributed by atoms with van der Waals surface area (Å²) in [5.74, 6) is 0.929. The van der Waals surface area contributed by atoms with E-state index in [4.69, 9.17) is 9.84 Å². The average molecular weight is 265 g/mol. The van der Waals surface area contributed by atoms with Crippen LogP contribution in [0.2, 0.25) is 0 Å². The molecule has 2 N–H and O–H groups in total. The van der Waals surface area contributed by atoms with Crippen molar-refractivity contribution in [2.75, 3.05) is 5.32 Å². The Balaban J connectivity index is 1.89. The minimum Gasteiger partial charge on any atom is -0.465 e. The summed E-state index contributed by atoms with van der Waals surface area (Å²) in [6, 6.07) is 1.86. The van der Waals surface area contributed by atoms with Gasteiger partial charge in [-0.25, -0.2) is 9.48 Å². The number of aromatic nitrogens is 2. The van der Waals surface area contributed by atoms with E-state index in [9.17, 15) is 4.79 Å². The van der Waals surface area contributed by atoms with Crippen molar-refractivity contribution in [1.82, 2.24) is 9.78 Å². The number of amides is 1. The zero-order valence-corrected chi connectivity index (χ0v) is 11.4. The molecule has 2 fully saturated rings. The third-order valence-electron chi connectivity index (χ3n) is 3.74. The third-order valence-corrected chi connectivity index (χ3v) is 3.74. The molecule has 1 aromatic heterocycles. The smallest absolute Gasteiger partial charge is 0.410 e. The highest BCUT2D eigenvalue weighted by Crippen LogP contribution is 2.47. The molecule has 0 spiro atoms. The summed E-state index contributed by atoms with van der Waals surface area (Å²) in [5.41, 5.74) is 0.711. The van der Waals surface area contributed by atoms with Crippen LogP contribution >= 0.6 is 0 Å². The molecule has 3 rings (SSSR count). The standard InChI is InChI=1S/C13H19N3O3/c1-13(2,3)16-11(14-12(17)18)6-8(15-16)7-4-9-10(5-7)19-9/h6-7,9-10,14H,4-5H2,1-3H3,(H,17,18)/t7-,9-,10+. The van der Waals surface area contributed by atoms with Gasteiger partial charge >= 0.3 is 6.09 Å². The van der Waals surface area contributed by atoms with Crippen LogP contribution in [-0.4, -0.2) is 33.2 Å². The first-order valence-electron chi connectivity index (χ1n) is 6.60. The first-order chi connectivity index (χ1) is 8.84. The first kappa shape index (κ1) is 12.5. The van der Waals surface area contributed by atoms with E-state index >= 15 is 0 Å². The lowest BCUT2D eigenvalue weighted by atomic mass is 10.0. The van der Waals surface area contributed by atoms with Gasteiger partial charge in [0.1, 0.15) is 5.82 Å². The number of hydrogen-bond acceptors (Lipinski definition) is 3. The van der Waals surface area contributed by atoms with Gasteiger partial charge in [0.15, 0.2) is 0 Å². The maximum atomic E-state index is 10.9. The number of anilines is 1. The number of carboxylic acid groups (broad SMARTS) is 1. The zero-order chi connectivity index (χ0) is 13.8. The van der Waals surface area contributed by atoms with Crippen LogP contribution in [0.5, 0.6) is 0 Å². The van der Waals surface area contributed by atoms with Crippen molar-refractivity contribution in [3.8, 4) is 0 Å². The zero-order valence-electron chi connectivity index (χ0n) is 11.4. The molecule has 1 aromatic rings. The van der Waals surface area contributed by atoms with E-state index < -0.39 is 6.09 Å². The van der Waals surface area contributed by atoms with Gasteiger partial charge in [-0.1, -0.05) is 0 Å². The highest BCUT2D eigenvalue weighted by Gasteiger charge is 2.49. The summed E-state index contributed by atoms with van der Waals surface area (Å²) in [5, 5.41) is 15.9. The Bertz CT molecular complexity index is 508. The summed E-state index contributed by atoms with van der Waals surface area (Å²) in [4.78, 5) is 10.9. The van der Waals surface area contributed by atoms with Crippen molar-refractivity contribution in [3.63, 3.8) is 0 Å². The SMILES string of the molecule is CC(C)(C)n1nc([C@H]2C[C@@H]3O[C@@H]3C2)cc1NC(=O)O. The minimum absolute atomic E-state index is 0.256. The molecule has 6 heteroatoms. The summed E-state index contributed by atoms with van der Waals surface area (Å²) in [7, 11) is 0. The van der Waals surface area contributed by atoms with E-state index in [1.807, 2.05) is 26.8 Å². The molecule has 1 saturated heterocycles. The third kappa shape index (κ3) is 2.32. The number of nitrogens with zero attached hydrogens (tertiary/aromatic N) is 2.